The summed E-state index contributed by atoms with van der Waals surface area (Å²) in [5.74, 6) is 2.16. The number of nitrogens with zero attached hydrogens (tertiary/aromatic N) is 1. The van der Waals surface area contributed by atoms with Crippen molar-refractivity contribution in [3.63, 3.8) is 0 Å². The van der Waals surface area contributed by atoms with E-state index in [4.69, 9.17) is 31.5 Å². The van der Waals surface area contributed by atoms with E-state index in [0.29, 0.717) is 41.2 Å². The fourth-order valence-electron chi connectivity index (χ4n) is 2.56. The minimum Gasteiger partial charge on any atom is -0.493 e. The highest BCUT2D eigenvalue weighted by Gasteiger charge is 2.12. The van der Waals surface area contributed by atoms with Crippen molar-refractivity contribution >= 4 is 23.8 Å². The highest BCUT2D eigenvalue weighted by Crippen LogP contribution is 2.36. The Kier molecular flexibility index (Phi) is 8.61. The van der Waals surface area contributed by atoms with Crippen molar-refractivity contribution in [3.05, 3.63) is 52.5 Å². The van der Waals surface area contributed by atoms with E-state index in [-0.39, 0.29) is 0 Å². The van der Waals surface area contributed by atoms with Gasteiger partial charge in [0.25, 0.3) is 0 Å². The maximum Gasteiger partial charge on any atom is 0.332 e. The zero-order valence-electron chi connectivity index (χ0n) is 16.8. The summed E-state index contributed by atoms with van der Waals surface area (Å²) in [7, 11) is 1.51. The molecule has 2 aromatic carbocycles. The summed E-state index contributed by atoms with van der Waals surface area (Å²) in [5.41, 5.74) is 8.98. The summed E-state index contributed by atoms with van der Waals surface area (Å²) in [5, 5.41) is 4.04. The van der Waals surface area contributed by atoms with E-state index in [1.807, 2.05) is 12.1 Å². The zero-order chi connectivity index (χ0) is 21.2. The Morgan fingerprint density at radius 3 is 2.55 bits per heavy atom. The molecule has 0 aliphatic heterocycles. The third-order valence-electron chi connectivity index (χ3n) is 4.30. The molecule has 0 unspecified atom stereocenters. The summed E-state index contributed by atoms with van der Waals surface area (Å²) < 4.78 is 16.8. The molecule has 0 saturated heterocycles. The van der Waals surface area contributed by atoms with Crippen LogP contribution in [0.5, 0.6) is 17.2 Å². The molecule has 1 atom stereocenters. The number of ether oxygens (including phenoxy) is 3. The number of nitrogens with two attached hydrogens (primary N) is 1. The Bertz CT molecular complexity index is 841. The second-order valence-corrected chi connectivity index (χ2v) is 6.75. The number of carbonyl (C=O) groups is 1. The quantitative estimate of drug-likeness (QED) is 0.340. The number of benzene rings is 2. The van der Waals surface area contributed by atoms with Gasteiger partial charge in [0.05, 0.1) is 18.3 Å². The molecule has 2 aromatic rings. The van der Waals surface area contributed by atoms with Gasteiger partial charge < -0.3 is 19.9 Å². The molecule has 0 aliphatic rings. The lowest BCUT2D eigenvalue weighted by atomic mass is 9.99. The third kappa shape index (κ3) is 6.87. The number of methoxy groups -OCH3 is 1. The number of primary amides is 1. The van der Waals surface area contributed by atoms with Crippen LogP contribution in [-0.2, 0) is 0 Å². The summed E-state index contributed by atoms with van der Waals surface area (Å²) in [6, 6.07) is 10.7. The van der Waals surface area contributed by atoms with E-state index >= 15 is 0 Å². The standard InChI is InChI=1S/C21H26ClN3O4/c1-4-14(2)16-5-7-17(8-6-16)28-9-10-29-20-18(22)11-15(12-19(20)27-3)13-24-25-21(23)26/h5-8,11-14H,4,9-10H2,1-3H3,(H3,23,25,26)/b24-13-/t14-/m1/s1. The van der Waals surface area contributed by atoms with E-state index in [1.54, 1.807) is 12.1 Å². The fourth-order valence-corrected chi connectivity index (χ4v) is 2.83. The normalized spacial score (nSPS) is 11.9. The van der Waals surface area contributed by atoms with Crippen LogP contribution in [0.1, 0.15) is 37.3 Å². The van der Waals surface area contributed by atoms with Gasteiger partial charge in [-0.3, -0.25) is 0 Å². The number of urea groups is 1. The Hall–Kier alpha value is -2.93. The predicted octanol–water partition coefficient (Wildman–Crippen LogP) is 4.32. The van der Waals surface area contributed by atoms with Crippen molar-refractivity contribution in [2.45, 2.75) is 26.2 Å². The van der Waals surface area contributed by atoms with Gasteiger partial charge in [-0.1, -0.05) is 37.6 Å². The van der Waals surface area contributed by atoms with Gasteiger partial charge in [0.2, 0.25) is 0 Å². The van der Waals surface area contributed by atoms with E-state index in [1.165, 1.54) is 18.9 Å². The summed E-state index contributed by atoms with van der Waals surface area (Å²) in [6.07, 6.45) is 2.50. The largest absolute Gasteiger partial charge is 0.493 e. The first-order valence-corrected chi connectivity index (χ1v) is 9.64. The van der Waals surface area contributed by atoms with Crippen LogP contribution in [0.3, 0.4) is 0 Å². The first kappa shape index (κ1) is 22.4. The minimum absolute atomic E-state index is 0.292. The van der Waals surface area contributed by atoms with E-state index in [2.05, 4.69) is 36.5 Å². The summed E-state index contributed by atoms with van der Waals surface area (Å²) >= 11 is 6.29. The minimum atomic E-state index is -0.756. The lowest BCUT2D eigenvalue weighted by Gasteiger charge is -2.14. The van der Waals surface area contributed by atoms with Gasteiger partial charge in [-0.15, -0.1) is 0 Å². The number of carbonyl (C=O) groups excluding carboxylic acids is 1. The average Bonchev–Trinajstić information content (AvgIpc) is 2.71. The van der Waals surface area contributed by atoms with E-state index < -0.39 is 6.03 Å². The van der Waals surface area contributed by atoms with Gasteiger partial charge >= 0.3 is 6.03 Å². The maximum absolute atomic E-state index is 10.7. The van der Waals surface area contributed by atoms with Crippen molar-refractivity contribution < 1.29 is 19.0 Å². The molecule has 156 valence electrons. The van der Waals surface area contributed by atoms with Crippen LogP contribution in [0.25, 0.3) is 0 Å². The molecule has 2 rings (SSSR count). The average molecular weight is 420 g/mol. The highest BCUT2D eigenvalue weighted by molar-refractivity contribution is 6.32. The molecule has 0 saturated carbocycles. The number of amides is 2. The van der Waals surface area contributed by atoms with Gasteiger partial charge in [0.1, 0.15) is 19.0 Å². The van der Waals surface area contributed by atoms with Crippen molar-refractivity contribution in [1.29, 1.82) is 0 Å². The first-order valence-electron chi connectivity index (χ1n) is 9.26. The molecule has 0 radical (unpaired) electrons. The number of hydrogen-bond donors (Lipinski definition) is 2. The Balaban J connectivity index is 1.92. The lowest BCUT2D eigenvalue weighted by molar-refractivity contribution is 0.211. The molecular formula is C21H26ClN3O4. The maximum atomic E-state index is 10.7. The number of hydrazone groups is 1. The molecule has 7 nitrogen and oxygen atoms in total. The Morgan fingerprint density at radius 1 is 1.24 bits per heavy atom. The molecule has 0 bridgehead atoms. The topological polar surface area (TPSA) is 95.2 Å². The monoisotopic (exact) mass is 419 g/mol. The van der Waals surface area contributed by atoms with Crippen LogP contribution >= 0.6 is 11.6 Å². The van der Waals surface area contributed by atoms with E-state index in [0.717, 1.165) is 12.2 Å². The molecule has 0 aromatic heterocycles. The Labute approximate surface area is 175 Å². The fraction of sp³-hybridized carbons (Fsp3) is 0.333. The lowest BCUT2D eigenvalue weighted by Crippen LogP contribution is -2.24. The molecule has 0 fully saturated rings. The van der Waals surface area contributed by atoms with Crippen LogP contribution in [0.4, 0.5) is 4.79 Å². The summed E-state index contributed by atoms with van der Waals surface area (Å²) in [6.45, 7) is 5.02. The predicted molar refractivity (Wildman–Crippen MR) is 114 cm³/mol. The van der Waals surface area contributed by atoms with Crippen molar-refractivity contribution in [3.8, 4) is 17.2 Å². The van der Waals surface area contributed by atoms with E-state index in [9.17, 15) is 4.79 Å². The molecule has 8 heteroatoms. The molecule has 0 aliphatic carbocycles. The van der Waals surface area contributed by atoms with Gasteiger partial charge in [-0.05, 0) is 47.7 Å². The number of rotatable bonds is 10. The third-order valence-corrected chi connectivity index (χ3v) is 4.58. The van der Waals surface area contributed by atoms with Gasteiger partial charge in [0, 0.05) is 0 Å². The smallest absolute Gasteiger partial charge is 0.332 e. The zero-order valence-corrected chi connectivity index (χ0v) is 17.5. The van der Waals surface area contributed by atoms with Crippen LogP contribution in [0.15, 0.2) is 41.5 Å². The Morgan fingerprint density at radius 2 is 1.93 bits per heavy atom. The highest BCUT2D eigenvalue weighted by atomic mass is 35.5. The van der Waals surface area contributed by atoms with Crippen molar-refractivity contribution in [1.82, 2.24) is 5.43 Å². The molecule has 3 N–H and O–H groups in total. The molecule has 29 heavy (non-hydrogen) atoms. The van der Waals surface area contributed by atoms with Crippen LogP contribution < -0.4 is 25.4 Å². The van der Waals surface area contributed by atoms with Crippen molar-refractivity contribution in [2.24, 2.45) is 10.8 Å². The number of nitrogens with one attached hydrogen (secondary N) is 1. The first-order chi connectivity index (χ1) is 13.9. The number of halogens is 1. The summed E-state index contributed by atoms with van der Waals surface area (Å²) in [4.78, 5) is 10.7. The van der Waals surface area contributed by atoms with Crippen LogP contribution in [0, 0.1) is 0 Å². The van der Waals surface area contributed by atoms with Crippen molar-refractivity contribution in [2.75, 3.05) is 20.3 Å². The molecule has 0 heterocycles. The van der Waals surface area contributed by atoms with Gasteiger partial charge in [0.15, 0.2) is 11.5 Å². The van der Waals surface area contributed by atoms with Gasteiger partial charge in [-0.2, -0.15) is 5.10 Å². The SMILES string of the molecule is CC[C@@H](C)c1ccc(OCCOc2c(Cl)cc(/C=N\NC(N)=O)cc2OC)cc1. The van der Waals surface area contributed by atoms with Gasteiger partial charge in [-0.25, -0.2) is 10.2 Å². The second-order valence-electron chi connectivity index (χ2n) is 6.34. The molecule has 0 spiro atoms. The second kappa shape index (κ2) is 11.2. The van der Waals surface area contributed by atoms with Crippen LogP contribution in [0.2, 0.25) is 5.02 Å². The molecular weight excluding hydrogens is 394 g/mol. The molecule has 2 amide bonds. The number of hydrogen-bond acceptors (Lipinski definition) is 5. The van der Waals surface area contributed by atoms with Crippen LogP contribution in [-0.4, -0.2) is 32.6 Å².